The Labute approximate surface area is 109 Å². The Kier molecular flexibility index (Phi) is 3.22. The van der Waals surface area contributed by atoms with E-state index in [-0.39, 0.29) is 5.78 Å². The molecule has 1 heterocycles. The van der Waals surface area contributed by atoms with Crippen LogP contribution in [0.15, 0.2) is 24.4 Å². The Bertz CT molecular complexity index is 571. The van der Waals surface area contributed by atoms with E-state index in [1.54, 1.807) is 19.2 Å². The standard InChI is InChI=1S/C12H10Cl2N2O/c1-7-4-3-5-8(10(7)14)12(17)11-9(13)6-15-16(11)2/h3-6H,1-2H3. The molecule has 1 aromatic carbocycles. The van der Waals surface area contributed by atoms with Gasteiger partial charge in [-0.25, -0.2) is 0 Å². The average molecular weight is 269 g/mol. The van der Waals surface area contributed by atoms with E-state index in [4.69, 9.17) is 23.2 Å². The zero-order valence-electron chi connectivity index (χ0n) is 9.37. The Morgan fingerprint density at radius 1 is 1.35 bits per heavy atom. The fourth-order valence-electron chi connectivity index (χ4n) is 1.62. The Morgan fingerprint density at radius 2 is 2.06 bits per heavy atom. The highest BCUT2D eigenvalue weighted by Crippen LogP contribution is 2.25. The molecule has 5 heteroatoms. The first-order valence-corrected chi connectivity index (χ1v) is 5.75. The molecule has 0 unspecified atom stereocenters. The molecule has 0 amide bonds. The molecule has 0 saturated heterocycles. The van der Waals surface area contributed by atoms with Crippen molar-refractivity contribution in [1.29, 1.82) is 0 Å². The van der Waals surface area contributed by atoms with Crippen LogP contribution in [0.5, 0.6) is 0 Å². The van der Waals surface area contributed by atoms with Gasteiger partial charge in [0.1, 0.15) is 5.69 Å². The third kappa shape index (κ3) is 2.08. The van der Waals surface area contributed by atoms with Gasteiger partial charge in [0.2, 0.25) is 5.78 Å². The molecule has 2 rings (SSSR count). The largest absolute Gasteiger partial charge is 0.287 e. The molecule has 1 aromatic heterocycles. The average Bonchev–Trinajstić information content (AvgIpc) is 2.62. The molecule has 0 aliphatic carbocycles. The van der Waals surface area contributed by atoms with Crippen LogP contribution < -0.4 is 0 Å². The zero-order chi connectivity index (χ0) is 12.6. The van der Waals surface area contributed by atoms with Crippen LogP contribution in [-0.4, -0.2) is 15.6 Å². The summed E-state index contributed by atoms with van der Waals surface area (Å²) in [4.78, 5) is 12.3. The van der Waals surface area contributed by atoms with Crippen LogP contribution in [-0.2, 0) is 7.05 Å². The molecule has 0 bridgehead atoms. The van der Waals surface area contributed by atoms with Crippen molar-refractivity contribution in [2.75, 3.05) is 0 Å². The lowest BCUT2D eigenvalue weighted by Gasteiger charge is -2.06. The van der Waals surface area contributed by atoms with E-state index >= 15 is 0 Å². The molecule has 3 nitrogen and oxygen atoms in total. The van der Waals surface area contributed by atoms with E-state index in [0.29, 0.717) is 21.3 Å². The number of carbonyl (C=O) groups excluding carboxylic acids is 1. The number of nitrogens with zero attached hydrogens (tertiary/aromatic N) is 2. The third-order valence-electron chi connectivity index (χ3n) is 2.55. The SMILES string of the molecule is Cc1cccc(C(=O)c2c(Cl)cnn2C)c1Cl. The highest BCUT2D eigenvalue weighted by atomic mass is 35.5. The van der Waals surface area contributed by atoms with Crippen LogP contribution >= 0.6 is 23.2 Å². The van der Waals surface area contributed by atoms with Gasteiger partial charge in [0.05, 0.1) is 16.2 Å². The number of hydrogen-bond donors (Lipinski definition) is 0. The van der Waals surface area contributed by atoms with Gasteiger partial charge in [-0.1, -0.05) is 35.3 Å². The minimum atomic E-state index is -0.219. The van der Waals surface area contributed by atoms with Crippen LogP contribution in [0.4, 0.5) is 0 Å². The van der Waals surface area contributed by atoms with Gasteiger partial charge in [-0.2, -0.15) is 5.10 Å². The number of ketones is 1. The number of benzene rings is 1. The van der Waals surface area contributed by atoms with Crippen molar-refractivity contribution in [3.05, 3.63) is 51.3 Å². The van der Waals surface area contributed by atoms with E-state index in [1.807, 2.05) is 13.0 Å². The van der Waals surface area contributed by atoms with Crippen molar-refractivity contribution in [2.45, 2.75) is 6.92 Å². The van der Waals surface area contributed by atoms with E-state index < -0.39 is 0 Å². The molecule has 0 N–H and O–H groups in total. The monoisotopic (exact) mass is 268 g/mol. The highest BCUT2D eigenvalue weighted by Gasteiger charge is 2.20. The summed E-state index contributed by atoms with van der Waals surface area (Å²) in [6.07, 6.45) is 1.44. The molecule has 0 saturated carbocycles. The van der Waals surface area contributed by atoms with Crippen LogP contribution in [0.25, 0.3) is 0 Å². The van der Waals surface area contributed by atoms with Gasteiger partial charge in [-0.05, 0) is 18.6 Å². The second-order valence-electron chi connectivity index (χ2n) is 3.73. The maximum atomic E-state index is 12.3. The minimum absolute atomic E-state index is 0.219. The van der Waals surface area contributed by atoms with Gasteiger partial charge >= 0.3 is 0 Å². The van der Waals surface area contributed by atoms with Crippen molar-refractivity contribution < 1.29 is 4.79 Å². The van der Waals surface area contributed by atoms with Crippen LogP contribution in [0, 0.1) is 6.92 Å². The van der Waals surface area contributed by atoms with Gasteiger partial charge in [-0.3, -0.25) is 9.48 Å². The summed E-state index contributed by atoms with van der Waals surface area (Å²) >= 11 is 12.1. The molecule has 0 spiro atoms. The Morgan fingerprint density at radius 3 is 2.65 bits per heavy atom. The first-order valence-electron chi connectivity index (χ1n) is 4.99. The predicted molar refractivity (Wildman–Crippen MR) is 67.8 cm³/mol. The molecule has 2 aromatic rings. The Balaban J connectivity index is 2.55. The van der Waals surface area contributed by atoms with Gasteiger partial charge < -0.3 is 0 Å². The summed E-state index contributed by atoms with van der Waals surface area (Å²) in [7, 11) is 1.67. The summed E-state index contributed by atoms with van der Waals surface area (Å²) < 4.78 is 1.45. The van der Waals surface area contributed by atoms with Crippen LogP contribution in [0.2, 0.25) is 10.0 Å². The first kappa shape index (κ1) is 12.1. The zero-order valence-corrected chi connectivity index (χ0v) is 10.9. The van der Waals surface area contributed by atoms with Crippen molar-refractivity contribution >= 4 is 29.0 Å². The summed E-state index contributed by atoms with van der Waals surface area (Å²) in [5.41, 5.74) is 1.65. The third-order valence-corrected chi connectivity index (χ3v) is 3.32. The first-order chi connectivity index (χ1) is 8.02. The lowest BCUT2D eigenvalue weighted by Crippen LogP contribution is -2.09. The van der Waals surface area contributed by atoms with Crippen molar-refractivity contribution in [3.8, 4) is 0 Å². The number of aromatic nitrogens is 2. The maximum absolute atomic E-state index is 12.3. The van der Waals surface area contributed by atoms with Gasteiger partial charge in [-0.15, -0.1) is 0 Å². The normalized spacial score (nSPS) is 10.6. The minimum Gasteiger partial charge on any atom is -0.287 e. The number of aryl methyl sites for hydroxylation is 2. The number of halogens is 2. The second kappa shape index (κ2) is 4.51. The molecule has 0 fully saturated rings. The summed E-state index contributed by atoms with van der Waals surface area (Å²) in [5.74, 6) is -0.219. The predicted octanol–water partition coefficient (Wildman–Crippen LogP) is 3.27. The fourth-order valence-corrected chi connectivity index (χ4v) is 2.08. The van der Waals surface area contributed by atoms with Crippen LogP contribution in [0.1, 0.15) is 21.6 Å². The number of carbonyl (C=O) groups is 1. The molecular weight excluding hydrogens is 259 g/mol. The fraction of sp³-hybridized carbons (Fsp3) is 0.167. The molecule has 0 aliphatic rings. The smallest absolute Gasteiger partial charge is 0.214 e. The van der Waals surface area contributed by atoms with E-state index in [9.17, 15) is 4.79 Å². The Hall–Kier alpha value is -1.32. The molecule has 17 heavy (non-hydrogen) atoms. The maximum Gasteiger partial charge on any atom is 0.214 e. The summed E-state index contributed by atoms with van der Waals surface area (Å²) in [5, 5.41) is 4.72. The van der Waals surface area contributed by atoms with Gasteiger partial charge in [0.15, 0.2) is 0 Å². The number of hydrogen-bond acceptors (Lipinski definition) is 2. The lowest BCUT2D eigenvalue weighted by molar-refractivity contribution is 0.103. The molecule has 0 radical (unpaired) electrons. The van der Waals surface area contributed by atoms with E-state index in [2.05, 4.69) is 5.10 Å². The van der Waals surface area contributed by atoms with Crippen LogP contribution in [0.3, 0.4) is 0 Å². The van der Waals surface area contributed by atoms with Gasteiger partial charge in [0, 0.05) is 12.6 Å². The highest BCUT2D eigenvalue weighted by molar-refractivity contribution is 6.38. The van der Waals surface area contributed by atoms with E-state index in [1.165, 1.54) is 10.9 Å². The molecule has 88 valence electrons. The topological polar surface area (TPSA) is 34.9 Å². The molecule has 0 aliphatic heterocycles. The summed E-state index contributed by atoms with van der Waals surface area (Å²) in [6, 6.07) is 5.32. The quantitative estimate of drug-likeness (QED) is 0.784. The van der Waals surface area contributed by atoms with Crippen molar-refractivity contribution in [1.82, 2.24) is 9.78 Å². The van der Waals surface area contributed by atoms with Crippen molar-refractivity contribution in [2.24, 2.45) is 7.05 Å². The molecule has 0 atom stereocenters. The lowest BCUT2D eigenvalue weighted by atomic mass is 10.1. The molecular formula is C12H10Cl2N2O. The number of rotatable bonds is 2. The second-order valence-corrected chi connectivity index (χ2v) is 4.52. The summed E-state index contributed by atoms with van der Waals surface area (Å²) in [6.45, 7) is 1.85. The van der Waals surface area contributed by atoms with Crippen molar-refractivity contribution in [3.63, 3.8) is 0 Å². The van der Waals surface area contributed by atoms with Gasteiger partial charge in [0.25, 0.3) is 0 Å². The van der Waals surface area contributed by atoms with E-state index in [0.717, 1.165) is 5.56 Å².